The number of aryl methyl sites for hydroxylation is 1. The molecule has 0 atom stereocenters. The smallest absolute Gasteiger partial charge is 0.289 e. The highest BCUT2D eigenvalue weighted by atomic mass is 32.2. The van der Waals surface area contributed by atoms with Crippen LogP contribution in [0.4, 0.5) is 11.4 Å². The molecule has 0 fully saturated rings. The zero-order chi connectivity index (χ0) is 18.0. The third-order valence-electron chi connectivity index (χ3n) is 4.30. The van der Waals surface area contributed by atoms with E-state index in [0.717, 1.165) is 17.5 Å². The topological polar surface area (TPSA) is 107 Å². The zero-order valence-electron chi connectivity index (χ0n) is 13.6. The predicted octanol–water partition coefficient (Wildman–Crippen LogP) is 2.24. The minimum absolute atomic E-state index is 0.282. The van der Waals surface area contributed by atoms with Gasteiger partial charge in [-0.1, -0.05) is 30.3 Å². The second-order valence-electron chi connectivity index (χ2n) is 5.87. The summed E-state index contributed by atoms with van der Waals surface area (Å²) in [5, 5.41) is 11.3. The van der Waals surface area contributed by atoms with Gasteiger partial charge in [0.25, 0.3) is 15.7 Å². The highest BCUT2D eigenvalue weighted by Crippen LogP contribution is 2.37. The van der Waals surface area contributed by atoms with E-state index in [0.29, 0.717) is 31.6 Å². The molecule has 0 saturated carbocycles. The number of nitrogens with two attached hydrogens (primary N) is 1. The van der Waals surface area contributed by atoms with Crippen LogP contribution in [0, 0.1) is 10.1 Å². The normalized spacial score (nSPS) is 14.2. The Balaban J connectivity index is 2.18. The summed E-state index contributed by atoms with van der Waals surface area (Å²) in [7, 11) is -4.04. The summed E-state index contributed by atoms with van der Waals surface area (Å²) in [5.74, 6) is 0. The third-order valence-corrected chi connectivity index (χ3v) is 6.15. The summed E-state index contributed by atoms with van der Waals surface area (Å²) in [6.45, 7) is 0.693. The average Bonchev–Trinajstić information content (AvgIpc) is 2.61. The van der Waals surface area contributed by atoms with Gasteiger partial charge in [-0.2, -0.15) is 0 Å². The Morgan fingerprint density at radius 1 is 1.16 bits per heavy atom. The molecule has 0 amide bonds. The van der Waals surface area contributed by atoms with Crippen molar-refractivity contribution in [1.82, 2.24) is 0 Å². The highest BCUT2D eigenvalue weighted by Gasteiger charge is 2.35. The van der Waals surface area contributed by atoms with Crippen molar-refractivity contribution < 1.29 is 13.3 Å². The molecule has 7 nitrogen and oxygen atoms in total. The first kappa shape index (κ1) is 17.4. The van der Waals surface area contributed by atoms with Crippen LogP contribution in [-0.2, 0) is 22.9 Å². The number of para-hydroxylation sites is 2. The number of nitro groups is 1. The van der Waals surface area contributed by atoms with Crippen LogP contribution in [-0.4, -0.2) is 26.4 Å². The van der Waals surface area contributed by atoms with E-state index in [1.54, 1.807) is 0 Å². The lowest BCUT2D eigenvalue weighted by Crippen LogP contribution is -2.36. The van der Waals surface area contributed by atoms with E-state index in [9.17, 15) is 18.5 Å². The van der Waals surface area contributed by atoms with Crippen molar-refractivity contribution in [2.75, 3.05) is 17.4 Å². The minimum Gasteiger partial charge on any atom is -0.330 e. The van der Waals surface area contributed by atoms with Gasteiger partial charge in [-0.15, -0.1) is 0 Å². The first-order chi connectivity index (χ1) is 12.0. The Morgan fingerprint density at radius 2 is 1.92 bits per heavy atom. The van der Waals surface area contributed by atoms with E-state index in [1.807, 2.05) is 18.2 Å². The van der Waals surface area contributed by atoms with Gasteiger partial charge in [0.2, 0.25) is 0 Å². The van der Waals surface area contributed by atoms with Crippen molar-refractivity contribution in [3.05, 3.63) is 63.7 Å². The molecule has 132 valence electrons. The van der Waals surface area contributed by atoms with Crippen LogP contribution in [0.5, 0.6) is 0 Å². The molecule has 2 aromatic rings. The van der Waals surface area contributed by atoms with Crippen LogP contribution in [0.3, 0.4) is 0 Å². The van der Waals surface area contributed by atoms with Gasteiger partial charge >= 0.3 is 0 Å². The molecule has 0 saturated heterocycles. The number of nitrogens with zero attached hydrogens (tertiary/aromatic N) is 2. The first-order valence-electron chi connectivity index (χ1n) is 8.04. The summed E-state index contributed by atoms with van der Waals surface area (Å²) < 4.78 is 27.7. The van der Waals surface area contributed by atoms with Crippen LogP contribution in [0.15, 0.2) is 47.4 Å². The number of hydrogen-bond donors (Lipinski definition) is 1. The zero-order valence-corrected chi connectivity index (χ0v) is 14.4. The van der Waals surface area contributed by atoms with Crippen LogP contribution < -0.4 is 10.0 Å². The molecule has 1 heterocycles. The summed E-state index contributed by atoms with van der Waals surface area (Å²) in [6, 6.07) is 11.1. The van der Waals surface area contributed by atoms with E-state index in [2.05, 4.69) is 0 Å². The molecule has 1 aliphatic heterocycles. The van der Waals surface area contributed by atoms with Gasteiger partial charge in [0.15, 0.2) is 4.90 Å². The number of fused-ring (bicyclic) bond motifs is 1. The summed E-state index contributed by atoms with van der Waals surface area (Å²) in [5.41, 5.74) is 7.66. The number of sulfonamides is 1. The van der Waals surface area contributed by atoms with Crippen LogP contribution in [0.25, 0.3) is 0 Å². The second-order valence-corrected chi connectivity index (χ2v) is 7.70. The summed E-state index contributed by atoms with van der Waals surface area (Å²) >= 11 is 0. The SMILES string of the molecule is NCCc1cccc2c1N(S(=O)(=O)c1ccccc1[N+](=O)[O-])CCC2. The Bertz CT molecular complexity index is 912. The minimum atomic E-state index is -4.04. The van der Waals surface area contributed by atoms with Crippen molar-refractivity contribution in [3.8, 4) is 0 Å². The molecule has 0 bridgehead atoms. The fourth-order valence-corrected chi connectivity index (χ4v) is 4.97. The van der Waals surface area contributed by atoms with Gasteiger partial charge in [-0.05, 0) is 43.0 Å². The Morgan fingerprint density at radius 3 is 2.64 bits per heavy atom. The van der Waals surface area contributed by atoms with Gasteiger partial charge in [-0.25, -0.2) is 8.42 Å². The number of rotatable bonds is 5. The van der Waals surface area contributed by atoms with Crippen LogP contribution >= 0.6 is 0 Å². The molecule has 0 aliphatic carbocycles. The summed E-state index contributed by atoms with van der Waals surface area (Å²) in [6.07, 6.45) is 1.99. The van der Waals surface area contributed by atoms with E-state index >= 15 is 0 Å². The van der Waals surface area contributed by atoms with Gasteiger partial charge < -0.3 is 5.73 Å². The quantitative estimate of drug-likeness (QED) is 0.649. The molecule has 0 radical (unpaired) electrons. The molecule has 0 unspecified atom stereocenters. The largest absolute Gasteiger partial charge is 0.330 e. The maximum absolute atomic E-state index is 13.2. The van der Waals surface area contributed by atoms with Gasteiger partial charge in [0, 0.05) is 12.6 Å². The van der Waals surface area contributed by atoms with Gasteiger partial charge in [0.1, 0.15) is 0 Å². The number of anilines is 1. The fraction of sp³-hybridized carbons (Fsp3) is 0.294. The number of benzene rings is 2. The molecule has 8 heteroatoms. The van der Waals surface area contributed by atoms with E-state index < -0.39 is 20.6 Å². The highest BCUT2D eigenvalue weighted by molar-refractivity contribution is 7.93. The third kappa shape index (κ3) is 3.10. The average molecular weight is 361 g/mol. The van der Waals surface area contributed by atoms with E-state index in [1.165, 1.54) is 28.6 Å². The maximum atomic E-state index is 13.2. The molecule has 25 heavy (non-hydrogen) atoms. The molecule has 3 rings (SSSR count). The van der Waals surface area contributed by atoms with Crippen molar-refractivity contribution in [1.29, 1.82) is 0 Å². The standard InChI is InChI=1S/C17H19N3O4S/c18-11-10-14-6-3-5-13-7-4-12-19(17(13)14)25(23,24)16-9-2-1-8-15(16)20(21)22/h1-3,5-6,8-9H,4,7,10-12,18H2. The van der Waals surface area contributed by atoms with Crippen molar-refractivity contribution in [3.63, 3.8) is 0 Å². The lowest BCUT2D eigenvalue weighted by atomic mass is 9.98. The van der Waals surface area contributed by atoms with Gasteiger partial charge in [0.05, 0.1) is 10.6 Å². The monoisotopic (exact) mass is 361 g/mol. The molecule has 2 aromatic carbocycles. The van der Waals surface area contributed by atoms with Crippen molar-refractivity contribution in [2.45, 2.75) is 24.2 Å². The summed E-state index contributed by atoms with van der Waals surface area (Å²) in [4.78, 5) is 10.3. The molecular weight excluding hydrogens is 342 g/mol. The molecule has 2 N–H and O–H groups in total. The van der Waals surface area contributed by atoms with Crippen molar-refractivity contribution in [2.24, 2.45) is 5.73 Å². The molecule has 0 spiro atoms. The molecular formula is C17H19N3O4S. The van der Waals surface area contributed by atoms with Crippen molar-refractivity contribution >= 4 is 21.4 Å². The maximum Gasteiger partial charge on any atom is 0.289 e. The fourth-order valence-electron chi connectivity index (χ4n) is 3.23. The number of nitro benzene ring substituents is 1. The lowest BCUT2D eigenvalue weighted by molar-refractivity contribution is -0.387. The van der Waals surface area contributed by atoms with Gasteiger partial charge in [-0.3, -0.25) is 14.4 Å². The Hall–Kier alpha value is -2.45. The van der Waals surface area contributed by atoms with E-state index in [4.69, 9.17) is 5.73 Å². The van der Waals surface area contributed by atoms with Crippen LogP contribution in [0.2, 0.25) is 0 Å². The Labute approximate surface area is 146 Å². The van der Waals surface area contributed by atoms with E-state index in [-0.39, 0.29) is 4.90 Å². The first-order valence-corrected chi connectivity index (χ1v) is 9.48. The Kier molecular flexibility index (Phi) is 4.73. The lowest BCUT2D eigenvalue weighted by Gasteiger charge is -2.32. The number of hydrogen-bond acceptors (Lipinski definition) is 5. The van der Waals surface area contributed by atoms with Crippen LogP contribution in [0.1, 0.15) is 17.5 Å². The predicted molar refractivity (Wildman–Crippen MR) is 95.1 cm³/mol. The molecule has 1 aliphatic rings. The molecule has 0 aromatic heterocycles. The second kappa shape index (κ2) is 6.81.